The second-order valence-electron chi connectivity index (χ2n) is 16.6. The van der Waals surface area contributed by atoms with Crippen molar-refractivity contribution < 1.29 is 28.7 Å². The first-order chi connectivity index (χ1) is 27.7. The maximum absolute atomic E-state index is 13.6. The molecule has 9 rings (SSSR count). The number of amides is 5. The minimum absolute atomic E-state index is 0.101. The molecule has 6 aliphatic rings. The smallest absolute Gasteiger partial charge is 0.262 e. The Balaban J connectivity index is 0.764. The van der Waals surface area contributed by atoms with Gasteiger partial charge in [0.2, 0.25) is 11.8 Å². The highest BCUT2D eigenvalue weighted by atomic mass is 16.5. The highest BCUT2D eigenvalue weighted by Gasteiger charge is 2.45. The zero-order chi connectivity index (χ0) is 39.4. The third-order valence-corrected chi connectivity index (χ3v) is 13.2. The summed E-state index contributed by atoms with van der Waals surface area (Å²) in [7, 11) is 0. The summed E-state index contributed by atoms with van der Waals surface area (Å²) in [6, 6.07) is 17.3. The molecule has 57 heavy (non-hydrogen) atoms. The SMILES string of the molecule is CCc1cc(OC2CCC(N3Cc4cc(N5CCC(CN6CCc7cc8c(cc7C6)C(=O)N(C6CCC(=O)NC6=O)C8=O)CC5)ccc4C3=O)CC2)ccc1C#N. The Morgan fingerprint density at radius 2 is 1.51 bits per heavy atom. The highest BCUT2D eigenvalue weighted by molar-refractivity contribution is 6.23. The normalized spacial score (nSPS) is 24.0. The number of nitrogens with zero attached hydrogens (tertiary/aromatic N) is 5. The molecule has 1 atom stereocenters. The lowest BCUT2D eigenvalue weighted by atomic mass is 9.91. The van der Waals surface area contributed by atoms with Gasteiger partial charge in [-0.2, -0.15) is 5.26 Å². The number of carbonyl (C=O) groups excluding carboxylic acids is 5. The second-order valence-corrected chi connectivity index (χ2v) is 16.6. The first-order valence-corrected chi connectivity index (χ1v) is 20.7. The van der Waals surface area contributed by atoms with Crippen LogP contribution in [-0.4, -0.2) is 88.6 Å². The number of hydrogen-bond acceptors (Lipinski definition) is 9. The van der Waals surface area contributed by atoms with Gasteiger partial charge >= 0.3 is 0 Å². The summed E-state index contributed by atoms with van der Waals surface area (Å²) in [5.74, 6) is -0.396. The van der Waals surface area contributed by atoms with Crippen molar-refractivity contribution in [2.24, 2.45) is 5.92 Å². The Morgan fingerprint density at radius 3 is 2.23 bits per heavy atom. The summed E-state index contributed by atoms with van der Waals surface area (Å²) < 4.78 is 6.33. The van der Waals surface area contributed by atoms with Crippen LogP contribution in [-0.2, 0) is 35.5 Å². The monoisotopic (exact) mass is 768 g/mol. The molecule has 3 aromatic rings. The molecule has 1 N–H and O–H groups in total. The van der Waals surface area contributed by atoms with Gasteiger partial charge in [-0.05, 0) is 134 Å². The van der Waals surface area contributed by atoms with E-state index in [2.05, 4.69) is 38.2 Å². The number of carbonyl (C=O) groups is 5. The first kappa shape index (κ1) is 37.1. The van der Waals surface area contributed by atoms with E-state index in [0.717, 1.165) is 116 Å². The Hall–Kier alpha value is -5.54. The van der Waals surface area contributed by atoms with Crippen LogP contribution in [0.3, 0.4) is 0 Å². The van der Waals surface area contributed by atoms with Crippen molar-refractivity contribution in [2.45, 2.75) is 102 Å². The fraction of sp³-hybridized carbons (Fsp3) is 0.467. The van der Waals surface area contributed by atoms with Crippen LogP contribution in [0.5, 0.6) is 5.75 Å². The minimum Gasteiger partial charge on any atom is -0.490 e. The van der Waals surface area contributed by atoms with E-state index >= 15 is 0 Å². The lowest BCUT2D eigenvalue weighted by Crippen LogP contribution is -2.54. The van der Waals surface area contributed by atoms with Crippen LogP contribution >= 0.6 is 0 Å². The van der Waals surface area contributed by atoms with Gasteiger partial charge in [-0.15, -0.1) is 0 Å². The molecule has 1 saturated carbocycles. The van der Waals surface area contributed by atoms with Crippen LogP contribution in [0, 0.1) is 17.2 Å². The summed E-state index contributed by atoms with van der Waals surface area (Å²) in [4.78, 5) is 72.5. The number of imide groups is 2. The van der Waals surface area contributed by atoms with Gasteiger partial charge in [0.25, 0.3) is 17.7 Å². The van der Waals surface area contributed by atoms with Crippen LogP contribution in [0.2, 0.25) is 0 Å². The molecule has 294 valence electrons. The van der Waals surface area contributed by atoms with Crippen molar-refractivity contribution in [3.8, 4) is 11.8 Å². The number of nitrogens with one attached hydrogen (secondary N) is 1. The molecule has 1 unspecified atom stereocenters. The summed E-state index contributed by atoms with van der Waals surface area (Å²) in [5, 5.41) is 11.6. The van der Waals surface area contributed by atoms with Crippen molar-refractivity contribution in [1.82, 2.24) is 20.0 Å². The number of fused-ring (bicyclic) bond motifs is 3. The van der Waals surface area contributed by atoms with Crippen LogP contribution < -0.4 is 15.0 Å². The molecule has 12 heteroatoms. The van der Waals surface area contributed by atoms with E-state index in [1.165, 1.54) is 5.69 Å². The number of nitriles is 1. The largest absolute Gasteiger partial charge is 0.490 e. The average molecular weight is 769 g/mol. The average Bonchev–Trinajstić information content (AvgIpc) is 3.68. The number of piperidine rings is 2. The molecule has 2 saturated heterocycles. The molecular weight excluding hydrogens is 721 g/mol. The third-order valence-electron chi connectivity index (χ3n) is 13.2. The fourth-order valence-corrected chi connectivity index (χ4v) is 10.0. The number of aryl methyl sites for hydroxylation is 1. The standard InChI is InChI=1S/C45H48N6O6/c1-2-28-20-36(7-3-30(28)23-46)57-35-8-4-33(5-9-35)50-26-32-19-34(6-10-37(32)43(50)54)49-17-13-27(14-18-49)24-48-16-15-29-21-38-39(22-31(29)25-48)45(56)51(44(38)55)40-11-12-41(52)47-42(40)53/h3,6-7,10,19-22,27,33,35,40H,2,4-5,8-9,11-18,24-26H2,1H3,(H,47,52,53). The predicted octanol–water partition coefficient (Wildman–Crippen LogP) is 5.14. The Morgan fingerprint density at radius 1 is 0.754 bits per heavy atom. The minimum atomic E-state index is -0.961. The number of rotatable bonds is 8. The first-order valence-electron chi connectivity index (χ1n) is 20.7. The fourth-order valence-electron chi connectivity index (χ4n) is 10.0. The van der Waals surface area contributed by atoms with E-state index in [4.69, 9.17) is 4.74 Å². The van der Waals surface area contributed by atoms with Crippen molar-refractivity contribution >= 4 is 35.2 Å². The topological polar surface area (TPSA) is 143 Å². The number of anilines is 1. The van der Waals surface area contributed by atoms with Crippen molar-refractivity contribution in [1.29, 1.82) is 5.26 Å². The van der Waals surface area contributed by atoms with Crippen LogP contribution in [0.4, 0.5) is 5.69 Å². The summed E-state index contributed by atoms with van der Waals surface area (Å²) in [5.41, 5.74) is 7.65. The maximum atomic E-state index is 13.6. The lowest BCUT2D eigenvalue weighted by molar-refractivity contribution is -0.136. The molecule has 3 aromatic carbocycles. The molecular formula is C45H48N6O6. The molecule has 5 heterocycles. The summed E-state index contributed by atoms with van der Waals surface area (Å²) in [6.45, 7) is 7.16. The van der Waals surface area contributed by atoms with E-state index in [1.807, 2.05) is 43.3 Å². The molecule has 0 radical (unpaired) electrons. The Kier molecular flexibility index (Phi) is 9.81. The van der Waals surface area contributed by atoms with E-state index in [0.29, 0.717) is 35.7 Å². The summed E-state index contributed by atoms with van der Waals surface area (Å²) >= 11 is 0. The molecule has 0 spiro atoms. The Labute approximate surface area is 332 Å². The number of hydrogen-bond donors (Lipinski definition) is 1. The van der Waals surface area contributed by atoms with E-state index in [-0.39, 0.29) is 36.8 Å². The molecule has 5 aliphatic heterocycles. The van der Waals surface area contributed by atoms with E-state index in [1.54, 1.807) is 0 Å². The second kappa shape index (κ2) is 15.1. The molecule has 12 nitrogen and oxygen atoms in total. The van der Waals surface area contributed by atoms with E-state index < -0.39 is 23.8 Å². The van der Waals surface area contributed by atoms with Gasteiger partial charge in [0.05, 0.1) is 28.9 Å². The van der Waals surface area contributed by atoms with Gasteiger partial charge in [0.15, 0.2) is 0 Å². The van der Waals surface area contributed by atoms with Crippen LogP contribution in [0.1, 0.15) is 117 Å². The van der Waals surface area contributed by atoms with Gasteiger partial charge in [-0.25, -0.2) is 0 Å². The van der Waals surface area contributed by atoms with Crippen molar-refractivity contribution in [2.75, 3.05) is 31.1 Å². The quantitative estimate of drug-likeness (QED) is 0.308. The zero-order valence-corrected chi connectivity index (χ0v) is 32.4. The Bertz CT molecular complexity index is 2210. The van der Waals surface area contributed by atoms with Crippen molar-refractivity contribution in [3.63, 3.8) is 0 Å². The maximum Gasteiger partial charge on any atom is 0.262 e. The van der Waals surface area contributed by atoms with Gasteiger partial charge in [-0.1, -0.05) is 6.92 Å². The molecule has 0 aromatic heterocycles. The van der Waals surface area contributed by atoms with E-state index in [9.17, 15) is 29.2 Å². The van der Waals surface area contributed by atoms with Gasteiger partial charge in [-0.3, -0.25) is 39.1 Å². The van der Waals surface area contributed by atoms with Crippen LogP contribution in [0.15, 0.2) is 48.5 Å². The van der Waals surface area contributed by atoms with Gasteiger partial charge in [0, 0.05) is 63.0 Å². The third kappa shape index (κ3) is 6.96. The molecule has 0 bridgehead atoms. The molecule has 1 aliphatic carbocycles. The summed E-state index contributed by atoms with van der Waals surface area (Å²) in [6.07, 6.45) is 7.68. The number of ether oxygens (including phenoxy) is 1. The predicted molar refractivity (Wildman–Crippen MR) is 211 cm³/mol. The van der Waals surface area contributed by atoms with Gasteiger partial charge in [0.1, 0.15) is 11.8 Å². The zero-order valence-electron chi connectivity index (χ0n) is 32.4. The van der Waals surface area contributed by atoms with Crippen LogP contribution in [0.25, 0.3) is 0 Å². The van der Waals surface area contributed by atoms with Crippen molar-refractivity contribution in [3.05, 3.63) is 93.0 Å². The lowest BCUT2D eigenvalue weighted by Gasteiger charge is -2.37. The highest BCUT2D eigenvalue weighted by Crippen LogP contribution is 2.36. The van der Waals surface area contributed by atoms with Gasteiger partial charge < -0.3 is 14.5 Å². The molecule has 3 fully saturated rings. The molecule has 5 amide bonds. The number of benzene rings is 3.